The highest BCUT2D eigenvalue weighted by molar-refractivity contribution is 7.91. The van der Waals surface area contributed by atoms with Crippen molar-refractivity contribution >= 4 is 39.0 Å². The quantitative estimate of drug-likeness (QED) is 0.592. The van der Waals surface area contributed by atoms with Gasteiger partial charge in [0.05, 0.1) is 23.1 Å². The van der Waals surface area contributed by atoms with Crippen LogP contribution in [0.3, 0.4) is 0 Å². The minimum atomic E-state index is -3.93. The second kappa shape index (κ2) is 8.17. The molecule has 0 atom stereocenters. The molecule has 2 N–H and O–H groups in total. The summed E-state index contributed by atoms with van der Waals surface area (Å²) < 4.78 is 32.2. The van der Waals surface area contributed by atoms with Crippen molar-refractivity contribution in [1.82, 2.24) is 9.78 Å². The van der Waals surface area contributed by atoms with Crippen LogP contribution >= 0.6 is 11.6 Å². The van der Waals surface area contributed by atoms with Crippen LogP contribution in [0.4, 0.5) is 5.69 Å². The Morgan fingerprint density at radius 1 is 1.13 bits per heavy atom. The number of methoxy groups -OCH3 is 1. The fourth-order valence-electron chi connectivity index (χ4n) is 2.72. The zero-order valence-corrected chi connectivity index (χ0v) is 17.4. The van der Waals surface area contributed by atoms with Crippen LogP contribution in [-0.4, -0.2) is 42.3 Å². The van der Waals surface area contributed by atoms with Crippen LogP contribution in [0.5, 0.6) is 5.75 Å². The van der Waals surface area contributed by atoms with Crippen molar-refractivity contribution in [3.63, 3.8) is 0 Å². The number of ether oxygens (including phenoxy) is 1. The molecule has 3 aromatic rings. The van der Waals surface area contributed by atoms with Crippen LogP contribution in [-0.2, 0) is 16.9 Å². The van der Waals surface area contributed by atoms with Crippen molar-refractivity contribution in [2.24, 2.45) is 7.05 Å². The third-order valence-corrected chi connectivity index (χ3v) is 6.19. The van der Waals surface area contributed by atoms with E-state index < -0.39 is 21.7 Å². The molecule has 156 valence electrons. The van der Waals surface area contributed by atoms with E-state index in [1.54, 1.807) is 0 Å². The van der Waals surface area contributed by atoms with Crippen LogP contribution in [0.2, 0.25) is 5.02 Å². The number of aryl methyl sites for hydroxylation is 1. The van der Waals surface area contributed by atoms with Gasteiger partial charge in [0, 0.05) is 23.8 Å². The molecular weight excluding hydrogens is 434 g/mol. The molecule has 0 radical (unpaired) electrons. The summed E-state index contributed by atoms with van der Waals surface area (Å²) in [5, 5.41) is 15.9. The Hall–Kier alpha value is -3.37. The van der Waals surface area contributed by atoms with Gasteiger partial charge < -0.3 is 15.2 Å². The molecule has 1 amide bonds. The van der Waals surface area contributed by atoms with Gasteiger partial charge in [0.2, 0.25) is 9.84 Å². The van der Waals surface area contributed by atoms with Crippen LogP contribution in [0.1, 0.15) is 20.8 Å². The van der Waals surface area contributed by atoms with Gasteiger partial charge in [0.1, 0.15) is 17.0 Å². The Labute approximate surface area is 176 Å². The molecule has 1 aromatic heterocycles. The van der Waals surface area contributed by atoms with Crippen molar-refractivity contribution in [1.29, 1.82) is 0 Å². The molecule has 0 spiro atoms. The highest BCUT2D eigenvalue weighted by Crippen LogP contribution is 2.29. The molecule has 0 fully saturated rings. The van der Waals surface area contributed by atoms with Crippen molar-refractivity contribution in [3.8, 4) is 5.75 Å². The molecule has 30 heavy (non-hydrogen) atoms. The van der Waals surface area contributed by atoms with Crippen molar-refractivity contribution < 1.29 is 27.9 Å². The van der Waals surface area contributed by atoms with Gasteiger partial charge in [0.25, 0.3) is 5.91 Å². The first-order valence-electron chi connectivity index (χ1n) is 8.40. The fraction of sp³-hybridized carbons (Fsp3) is 0.105. The number of aromatic nitrogens is 2. The molecule has 3 rings (SSSR count). The second-order valence-electron chi connectivity index (χ2n) is 6.14. The number of carboxylic acid groups (broad SMARTS) is 1. The maximum Gasteiger partial charge on any atom is 0.339 e. The van der Waals surface area contributed by atoms with Crippen LogP contribution in [0.15, 0.2) is 58.5 Å². The summed E-state index contributed by atoms with van der Waals surface area (Å²) in [5.74, 6) is -1.90. The van der Waals surface area contributed by atoms with Crippen LogP contribution in [0, 0.1) is 0 Å². The lowest BCUT2D eigenvalue weighted by molar-refractivity contribution is 0.0692. The fourth-order valence-corrected chi connectivity index (χ4v) is 4.17. The minimum Gasteiger partial charge on any atom is -0.497 e. The van der Waals surface area contributed by atoms with Crippen molar-refractivity contribution in [2.75, 3.05) is 12.4 Å². The first-order chi connectivity index (χ1) is 14.1. The van der Waals surface area contributed by atoms with Crippen molar-refractivity contribution in [3.05, 3.63) is 64.9 Å². The number of rotatable bonds is 6. The van der Waals surface area contributed by atoms with Gasteiger partial charge in [0.15, 0.2) is 0 Å². The molecule has 0 aliphatic heterocycles. The third kappa shape index (κ3) is 4.14. The summed E-state index contributed by atoms with van der Waals surface area (Å²) >= 11 is 5.82. The number of anilines is 1. The first kappa shape index (κ1) is 21.3. The van der Waals surface area contributed by atoms with Crippen LogP contribution in [0.25, 0.3) is 0 Å². The maximum absolute atomic E-state index is 13.0. The summed E-state index contributed by atoms with van der Waals surface area (Å²) in [5.41, 5.74) is -0.372. The number of sulfone groups is 1. The average molecular weight is 450 g/mol. The number of aromatic carboxylic acids is 1. The number of nitrogens with one attached hydrogen (secondary N) is 1. The Bertz CT molecular complexity index is 1240. The predicted molar refractivity (Wildman–Crippen MR) is 108 cm³/mol. The van der Waals surface area contributed by atoms with Gasteiger partial charge in [-0.05, 0) is 36.4 Å². The van der Waals surface area contributed by atoms with Gasteiger partial charge in [-0.25, -0.2) is 13.2 Å². The van der Waals surface area contributed by atoms with Crippen molar-refractivity contribution in [2.45, 2.75) is 9.79 Å². The Morgan fingerprint density at radius 3 is 2.40 bits per heavy atom. The van der Waals surface area contributed by atoms with Gasteiger partial charge in [-0.15, -0.1) is 0 Å². The number of amides is 1. The maximum atomic E-state index is 13.0. The zero-order chi connectivity index (χ0) is 22.1. The van der Waals surface area contributed by atoms with Crippen LogP contribution < -0.4 is 10.1 Å². The number of carboxylic acids is 1. The molecule has 0 aliphatic rings. The molecule has 1 heterocycles. The lowest BCUT2D eigenvalue weighted by atomic mass is 10.2. The molecule has 0 bridgehead atoms. The average Bonchev–Trinajstić information content (AvgIpc) is 3.10. The smallest absolute Gasteiger partial charge is 0.339 e. The molecule has 0 unspecified atom stereocenters. The van der Waals surface area contributed by atoms with E-state index >= 15 is 0 Å². The lowest BCUT2D eigenvalue weighted by Gasteiger charge is -2.12. The van der Waals surface area contributed by atoms with E-state index in [9.17, 15) is 23.1 Å². The minimum absolute atomic E-state index is 0.0113. The Morgan fingerprint density at radius 2 is 1.80 bits per heavy atom. The molecule has 0 saturated heterocycles. The number of carbonyl (C=O) groups excluding carboxylic acids is 1. The predicted octanol–water partition coefficient (Wildman–Crippen LogP) is 2.87. The Balaban J connectivity index is 2.02. The molecule has 9 nitrogen and oxygen atoms in total. The highest BCUT2D eigenvalue weighted by atomic mass is 35.5. The number of halogens is 1. The van der Waals surface area contributed by atoms with E-state index in [0.717, 1.165) is 10.9 Å². The van der Waals surface area contributed by atoms with Gasteiger partial charge in [-0.3, -0.25) is 9.48 Å². The monoisotopic (exact) mass is 449 g/mol. The number of carbonyl (C=O) groups is 2. The summed E-state index contributed by atoms with van der Waals surface area (Å²) in [4.78, 5) is 23.9. The topological polar surface area (TPSA) is 128 Å². The lowest BCUT2D eigenvalue weighted by Crippen LogP contribution is -2.19. The number of nitrogens with zero attached hydrogens (tertiary/aromatic N) is 2. The normalized spacial score (nSPS) is 11.2. The van der Waals surface area contributed by atoms with E-state index in [1.165, 1.54) is 56.6 Å². The number of hydrogen-bond donors (Lipinski definition) is 2. The number of benzene rings is 2. The van der Waals surface area contributed by atoms with E-state index in [1.807, 2.05) is 0 Å². The molecule has 0 saturated carbocycles. The largest absolute Gasteiger partial charge is 0.497 e. The summed E-state index contributed by atoms with van der Waals surface area (Å²) in [7, 11) is -1.16. The standard InChI is InChI=1S/C19H16ClN3O6S/c1-23-17(16(10-21-23)19(25)26)18(24)22-12-7-13(29-2)9-15(8-12)30(27,28)14-5-3-11(20)4-6-14/h3-10H,1-2H3,(H,22,24)(H,25,26). The summed E-state index contributed by atoms with van der Waals surface area (Å²) in [6.45, 7) is 0. The number of hydrogen-bond acceptors (Lipinski definition) is 6. The second-order valence-corrected chi connectivity index (χ2v) is 8.53. The van der Waals surface area contributed by atoms with Gasteiger partial charge >= 0.3 is 5.97 Å². The van der Waals surface area contributed by atoms with E-state index in [2.05, 4.69) is 10.4 Å². The summed E-state index contributed by atoms with van der Waals surface area (Å²) in [6, 6.07) is 9.61. The molecular formula is C19H16ClN3O6S. The summed E-state index contributed by atoms with van der Waals surface area (Å²) in [6.07, 6.45) is 1.05. The molecule has 2 aromatic carbocycles. The SMILES string of the molecule is COc1cc(NC(=O)c2c(C(=O)O)cnn2C)cc(S(=O)(=O)c2ccc(Cl)cc2)c1. The van der Waals surface area contributed by atoms with E-state index in [0.29, 0.717) is 5.02 Å². The van der Waals surface area contributed by atoms with E-state index in [-0.39, 0.29) is 32.5 Å². The van der Waals surface area contributed by atoms with E-state index in [4.69, 9.17) is 16.3 Å². The molecule has 11 heteroatoms. The van der Waals surface area contributed by atoms with Gasteiger partial charge in [-0.2, -0.15) is 5.10 Å². The first-order valence-corrected chi connectivity index (χ1v) is 10.3. The van der Waals surface area contributed by atoms with Gasteiger partial charge in [-0.1, -0.05) is 11.6 Å². The zero-order valence-electron chi connectivity index (χ0n) is 15.8. The highest BCUT2D eigenvalue weighted by Gasteiger charge is 2.24. The Kier molecular flexibility index (Phi) is 5.81. The third-order valence-electron chi connectivity index (χ3n) is 4.19. The molecule has 0 aliphatic carbocycles.